The van der Waals surface area contributed by atoms with Gasteiger partial charge in [0.25, 0.3) is 0 Å². The zero-order valence-corrected chi connectivity index (χ0v) is 30.3. The highest BCUT2D eigenvalue weighted by atomic mass is 16.7. The van der Waals surface area contributed by atoms with Crippen molar-refractivity contribution in [2.24, 2.45) is 0 Å². The second kappa shape index (κ2) is 26.1. The van der Waals surface area contributed by atoms with Gasteiger partial charge in [-0.05, 0) is 32.1 Å². The molecule has 0 amide bonds. The van der Waals surface area contributed by atoms with Crippen LogP contribution in [-0.2, 0) is 38.0 Å². The number of aliphatic hydroxyl groups excluding tert-OH is 7. The van der Waals surface area contributed by atoms with Gasteiger partial charge in [-0.2, -0.15) is 0 Å². The fourth-order valence-corrected chi connectivity index (χ4v) is 5.88. The summed E-state index contributed by atoms with van der Waals surface area (Å²) in [4.78, 5) is 24.0. The number of ether oxygens (including phenoxy) is 6. The van der Waals surface area contributed by atoms with Crippen LogP contribution in [-0.4, -0.2) is 142 Å². The third kappa shape index (κ3) is 17.3. The molecule has 0 bridgehead atoms. The number of esters is 2. The number of carbonyl (C=O) groups is 2. The summed E-state index contributed by atoms with van der Waals surface area (Å²) in [7, 11) is 0. The summed E-state index contributed by atoms with van der Waals surface area (Å²) >= 11 is 0. The number of hydrogen-bond donors (Lipinski definition) is 7. The van der Waals surface area contributed by atoms with Gasteiger partial charge in [-0.25, -0.2) is 0 Å². The molecule has 2 heterocycles. The highest BCUT2D eigenvalue weighted by Gasteiger charge is 2.47. The number of unbranched alkanes of at least 4 members (excludes halogenated alkanes) is 12. The Morgan fingerprint density at radius 3 is 1.73 bits per heavy atom. The van der Waals surface area contributed by atoms with Crippen molar-refractivity contribution in [3.63, 3.8) is 0 Å². The predicted octanol–water partition coefficient (Wildman–Crippen LogP) is 1.53. The number of carbonyl (C=O) groups excluding carboxylic acids is 2. The molecule has 7 N–H and O–H groups in total. The van der Waals surface area contributed by atoms with Gasteiger partial charge in [-0.3, -0.25) is 9.59 Å². The van der Waals surface area contributed by atoms with Gasteiger partial charge in [0, 0.05) is 13.3 Å². The minimum absolute atomic E-state index is 0.153. The van der Waals surface area contributed by atoms with Gasteiger partial charge in [-0.15, -0.1) is 0 Å². The largest absolute Gasteiger partial charge is 0.462 e. The van der Waals surface area contributed by atoms with E-state index in [9.17, 15) is 45.3 Å². The monoisotopic (exact) mass is 736 g/mol. The van der Waals surface area contributed by atoms with Gasteiger partial charge in [0.05, 0.1) is 19.8 Å². The molecule has 298 valence electrons. The molecule has 15 nitrogen and oxygen atoms in total. The SMILES string of the molecule is CCCCCCCCC/C=C\CCCCCCCC(=O)OC(COC(C)=O)COC1OC(COC2OC(CO)C(O)C(O)C2O)C(O)C(O)C1O. The molecule has 15 heteroatoms. The van der Waals surface area contributed by atoms with Crippen LogP contribution in [0.25, 0.3) is 0 Å². The lowest BCUT2D eigenvalue weighted by atomic mass is 9.98. The van der Waals surface area contributed by atoms with E-state index >= 15 is 0 Å². The molecule has 2 aliphatic rings. The number of hydrogen-bond acceptors (Lipinski definition) is 15. The van der Waals surface area contributed by atoms with E-state index in [2.05, 4.69) is 19.1 Å². The molecule has 2 fully saturated rings. The van der Waals surface area contributed by atoms with Crippen molar-refractivity contribution in [1.29, 1.82) is 0 Å². The third-order valence-corrected chi connectivity index (χ3v) is 9.05. The summed E-state index contributed by atoms with van der Waals surface area (Å²) in [6.07, 6.45) is 3.88. The van der Waals surface area contributed by atoms with Crippen LogP contribution in [0.15, 0.2) is 12.2 Å². The fraction of sp³-hybridized carbons (Fsp3) is 0.889. The van der Waals surface area contributed by atoms with E-state index in [1.54, 1.807) is 0 Å². The Labute approximate surface area is 301 Å². The second-order valence-corrected chi connectivity index (χ2v) is 13.5. The Bertz CT molecular complexity index is 965. The highest BCUT2D eigenvalue weighted by molar-refractivity contribution is 5.69. The molecular weight excluding hydrogens is 672 g/mol. The van der Waals surface area contributed by atoms with Crippen LogP contribution in [0.5, 0.6) is 0 Å². The molecule has 11 unspecified atom stereocenters. The van der Waals surface area contributed by atoms with Gasteiger partial charge >= 0.3 is 11.9 Å². The summed E-state index contributed by atoms with van der Waals surface area (Å²) in [6, 6.07) is 0. The molecular formula is C36H64O15. The van der Waals surface area contributed by atoms with Crippen molar-refractivity contribution >= 4 is 11.9 Å². The molecule has 0 aromatic carbocycles. The van der Waals surface area contributed by atoms with Crippen molar-refractivity contribution in [2.45, 2.75) is 178 Å². The highest BCUT2D eigenvalue weighted by Crippen LogP contribution is 2.26. The Kier molecular flexibility index (Phi) is 23.2. The van der Waals surface area contributed by atoms with Crippen LogP contribution >= 0.6 is 0 Å². The molecule has 11 atom stereocenters. The maximum Gasteiger partial charge on any atom is 0.306 e. The van der Waals surface area contributed by atoms with Crippen LogP contribution in [0.4, 0.5) is 0 Å². The molecule has 0 aliphatic carbocycles. The minimum Gasteiger partial charge on any atom is -0.462 e. The lowest BCUT2D eigenvalue weighted by Crippen LogP contribution is -2.61. The van der Waals surface area contributed by atoms with E-state index in [0.717, 1.165) is 38.5 Å². The van der Waals surface area contributed by atoms with Crippen molar-refractivity contribution in [3.8, 4) is 0 Å². The van der Waals surface area contributed by atoms with Crippen LogP contribution in [0, 0.1) is 0 Å². The van der Waals surface area contributed by atoms with Crippen LogP contribution in [0.1, 0.15) is 110 Å². The van der Waals surface area contributed by atoms with Gasteiger partial charge in [0.1, 0.15) is 55.4 Å². The average molecular weight is 737 g/mol. The van der Waals surface area contributed by atoms with E-state index in [1.807, 2.05) is 0 Å². The summed E-state index contributed by atoms with van der Waals surface area (Å²) in [5, 5.41) is 70.9. The first-order valence-electron chi connectivity index (χ1n) is 18.7. The first kappa shape index (κ1) is 45.4. The maximum absolute atomic E-state index is 12.6. The summed E-state index contributed by atoms with van der Waals surface area (Å²) in [6.45, 7) is 1.50. The Morgan fingerprint density at radius 2 is 1.16 bits per heavy atom. The molecule has 51 heavy (non-hydrogen) atoms. The second-order valence-electron chi connectivity index (χ2n) is 13.5. The quantitative estimate of drug-likeness (QED) is 0.0379. The van der Waals surface area contributed by atoms with Crippen molar-refractivity contribution in [1.82, 2.24) is 0 Å². The lowest BCUT2D eigenvalue weighted by Gasteiger charge is -2.42. The zero-order valence-electron chi connectivity index (χ0n) is 30.3. The Hall–Kier alpha value is -1.76. The summed E-state index contributed by atoms with van der Waals surface area (Å²) in [5.41, 5.74) is 0. The van der Waals surface area contributed by atoms with Gasteiger partial charge < -0.3 is 64.2 Å². The standard InChI is InChI=1S/C36H64O15/c1-3-4-5-6-7-8-9-10-11-12-13-14-15-16-17-18-19-28(39)49-25(21-46-24(2)38)22-47-35-34(45)32(43)30(41)27(51-35)23-48-36-33(44)31(42)29(40)26(20-37)50-36/h11-12,25-27,29-37,40-45H,3-10,13-23H2,1-2H3/b12-11-. The third-order valence-electron chi connectivity index (χ3n) is 9.05. The molecule has 0 aromatic heterocycles. The number of aliphatic hydroxyl groups is 7. The molecule has 0 saturated carbocycles. The molecule has 2 aliphatic heterocycles. The minimum atomic E-state index is -1.76. The number of rotatable bonds is 26. The molecule has 2 rings (SSSR count). The van der Waals surface area contributed by atoms with Gasteiger partial charge in [-0.1, -0.05) is 76.9 Å². The average Bonchev–Trinajstić information content (AvgIpc) is 3.11. The number of allylic oxidation sites excluding steroid dienone is 2. The van der Waals surface area contributed by atoms with Crippen LogP contribution in [0.2, 0.25) is 0 Å². The molecule has 0 spiro atoms. The van der Waals surface area contributed by atoms with E-state index in [-0.39, 0.29) is 13.0 Å². The summed E-state index contributed by atoms with van der Waals surface area (Å²) < 4.78 is 32.4. The topological polar surface area (TPSA) is 231 Å². The van der Waals surface area contributed by atoms with Crippen molar-refractivity contribution in [2.75, 3.05) is 26.4 Å². The fourth-order valence-electron chi connectivity index (χ4n) is 5.88. The van der Waals surface area contributed by atoms with Crippen LogP contribution < -0.4 is 0 Å². The molecule has 0 aromatic rings. The lowest BCUT2D eigenvalue weighted by molar-refractivity contribution is -0.332. The van der Waals surface area contributed by atoms with E-state index in [0.29, 0.717) is 6.42 Å². The molecule has 0 radical (unpaired) electrons. The summed E-state index contributed by atoms with van der Waals surface area (Å²) in [5.74, 6) is -1.13. The predicted molar refractivity (Wildman–Crippen MR) is 183 cm³/mol. The first-order chi connectivity index (χ1) is 24.5. The van der Waals surface area contributed by atoms with E-state index in [1.165, 1.54) is 51.9 Å². The van der Waals surface area contributed by atoms with E-state index in [4.69, 9.17) is 28.4 Å². The van der Waals surface area contributed by atoms with Gasteiger partial charge in [0.2, 0.25) is 0 Å². The Balaban J connectivity index is 1.72. The normalized spacial score (nSPS) is 30.4. The molecule has 2 saturated heterocycles. The zero-order chi connectivity index (χ0) is 37.6. The smallest absolute Gasteiger partial charge is 0.306 e. The van der Waals surface area contributed by atoms with Crippen LogP contribution in [0.3, 0.4) is 0 Å². The van der Waals surface area contributed by atoms with E-state index < -0.39 is 99.3 Å². The van der Waals surface area contributed by atoms with Gasteiger partial charge in [0.15, 0.2) is 18.7 Å². The van der Waals surface area contributed by atoms with Crippen molar-refractivity contribution in [3.05, 3.63) is 12.2 Å². The Morgan fingerprint density at radius 1 is 0.647 bits per heavy atom. The van der Waals surface area contributed by atoms with Crippen molar-refractivity contribution < 1.29 is 73.8 Å². The maximum atomic E-state index is 12.6. The first-order valence-corrected chi connectivity index (χ1v) is 18.7.